The third kappa shape index (κ3) is 3.05. The SMILES string of the molecule is CCNS(=O)(=O)c1cccc(CC#N)c1. The summed E-state index contributed by atoms with van der Waals surface area (Å²) in [5, 5.41) is 8.50. The average molecular weight is 224 g/mol. The standard InChI is InChI=1S/C10H12N2O2S/c1-2-12-15(13,14)10-5-3-4-9(8-10)6-7-11/h3-5,8,12H,2,6H2,1H3. The number of hydrogen-bond donors (Lipinski definition) is 1. The predicted molar refractivity (Wildman–Crippen MR) is 56.6 cm³/mol. The Kier molecular flexibility index (Phi) is 3.83. The quantitative estimate of drug-likeness (QED) is 0.831. The van der Waals surface area contributed by atoms with Crippen LogP contribution in [0.15, 0.2) is 29.2 Å². The summed E-state index contributed by atoms with van der Waals surface area (Å²) < 4.78 is 25.6. The molecule has 1 aromatic rings. The molecule has 0 fully saturated rings. The second kappa shape index (κ2) is 4.91. The summed E-state index contributed by atoms with van der Waals surface area (Å²) in [5.74, 6) is 0. The van der Waals surface area contributed by atoms with Gasteiger partial charge in [-0.25, -0.2) is 13.1 Å². The summed E-state index contributed by atoms with van der Waals surface area (Å²) in [4.78, 5) is 0.206. The maximum Gasteiger partial charge on any atom is 0.240 e. The normalized spacial score (nSPS) is 10.9. The van der Waals surface area contributed by atoms with Crippen molar-refractivity contribution in [3.8, 4) is 6.07 Å². The predicted octanol–water partition coefficient (Wildman–Crippen LogP) is 1.05. The first-order valence-electron chi connectivity index (χ1n) is 4.55. The highest BCUT2D eigenvalue weighted by atomic mass is 32.2. The molecule has 4 nitrogen and oxygen atoms in total. The Morgan fingerprint density at radius 2 is 2.20 bits per heavy atom. The van der Waals surface area contributed by atoms with Crippen LogP contribution in [0.1, 0.15) is 12.5 Å². The molecular formula is C10H12N2O2S. The molecule has 0 aliphatic carbocycles. The van der Waals surface area contributed by atoms with Gasteiger partial charge in [0.15, 0.2) is 0 Å². The summed E-state index contributed by atoms with van der Waals surface area (Å²) in [7, 11) is -3.41. The van der Waals surface area contributed by atoms with Crippen molar-refractivity contribution in [2.45, 2.75) is 18.2 Å². The second-order valence-electron chi connectivity index (χ2n) is 2.98. The first-order valence-corrected chi connectivity index (χ1v) is 6.04. The van der Waals surface area contributed by atoms with Gasteiger partial charge in [-0.2, -0.15) is 5.26 Å². The molecule has 1 aromatic carbocycles. The molecule has 0 radical (unpaired) electrons. The van der Waals surface area contributed by atoms with Gasteiger partial charge in [-0.05, 0) is 17.7 Å². The molecule has 80 valence electrons. The first-order chi connectivity index (χ1) is 7.10. The Morgan fingerprint density at radius 1 is 1.47 bits per heavy atom. The van der Waals surface area contributed by atoms with E-state index in [1.165, 1.54) is 12.1 Å². The van der Waals surface area contributed by atoms with Gasteiger partial charge < -0.3 is 0 Å². The Labute approximate surface area is 89.6 Å². The van der Waals surface area contributed by atoms with Gasteiger partial charge in [0.05, 0.1) is 17.4 Å². The molecule has 0 spiro atoms. The van der Waals surface area contributed by atoms with E-state index in [1.807, 2.05) is 6.07 Å². The summed E-state index contributed by atoms with van der Waals surface area (Å²) in [6.07, 6.45) is 0.218. The van der Waals surface area contributed by atoms with E-state index < -0.39 is 10.0 Å². The van der Waals surface area contributed by atoms with Gasteiger partial charge in [0, 0.05) is 6.54 Å². The maximum absolute atomic E-state index is 11.6. The molecule has 0 unspecified atom stereocenters. The molecule has 0 bridgehead atoms. The molecule has 0 aliphatic rings. The molecular weight excluding hydrogens is 212 g/mol. The van der Waals surface area contributed by atoms with Crippen LogP contribution in [0.5, 0.6) is 0 Å². The van der Waals surface area contributed by atoms with Gasteiger partial charge in [-0.1, -0.05) is 19.1 Å². The van der Waals surface area contributed by atoms with E-state index in [2.05, 4.69) is 4.72 Å². The molecule has 0 heterocycles. The topological polar surface area (TPSA) is 70.0 Å². The number of sulfonamides is 1. The van der Waals surface area contributed by atoms with E-state index in [0.29, 0.717) is 12.1 Å². The van der Waals surface area contributed by atoms with Crippen molar-refractivity contribution < 1.29 is 8.42 Å². The van der Waals surface area contributed by atoms with Gasteiger partial charge in [0.1, 0.15) is 0 Å². The number of benzene rings is 1. The highest BCUT2D eigenvalue weighted by Crippen LogP contribution is 2.11. The number of rotatable bonds is 4. The highest BCUT2D eigenvalue weighted by Gasteiger charge is 2.12. The number of nitriles is 1. The van der Waals surface area contributed by atoms with E-state index in [-0.39, 0.29) is 11.3 Å². The fraction of sp³-hybridized carbons (Fsp3) is 0.300. The first kappa shape index (κ1) is 11.7. The molecule has 0 amide bonds. The Hall–Kier alpha value is -1.38. The third-order valence-corrected chi connectivity index (χ3v) is 3.37. The van der Waals surface area contributed by atoms with E-state index in [0.717, 1.165) is 0 Å². The molecule has 0 aliphatic heterocycles. The van der Waals surface area contributed by atoms with Gasteiger partial charge >= 0.3 is 0 Å². The van der Waals surface area contributed by atoms with Crippen LogP contribution in [0, 0.1) is 11.3 Å². The van der Waals surface area contributed by atoms with E-state index in [9.17, 15) is 8.42 Å². The van der Waals surface area contributed by atoms with Gasteiger partial charge in [-0.15, -0.1) is 0 Å². The average Bonchev–Trinajstić information content (AvgIpc) is 2.19. The smallest absolute Gasteiger partial charge is 0.211 e. The Balaban J connectivity index is 3.06. The van der Waals surface area contributed by atoms with Crippen LogP contribution in [0.4, 0.5) is 0 Å². The van der Waals surface area contributed by atoms with E-state index in [1.54, 1.807) is 19.1 Å². The molecule has 1 N–H and O–H groups in total. The minimum atomic E-state index is -3.41. The Bertz CT molecular complexity index is 474. The molecule has 0 saturated carbocycles. The zero-order valence-electron chi connectivity index (χ0n) is 8.40. The third-order valence-electron chi connectivity index (χ3n) is 1.83. The lowest BCUT2D eigenvalue weighted by molar-refractivity contribution is 0.584. The summed E-state index contributed by atoms with van der Waals surface area (Å²) >= 11 is 0. The fourth-order valence-corrected chi connectivity index (χ4v) is 2.30. The molecule has 15 heavy (non-hydrogen) atoms. The van der Waals surface area contributed by atoms with E-state index >= 15 is 0 Å². The molecule has 1 rings (SSSR count). The summed E-state index contributed by atoms with van der Waals surface area (Å²) in [6, 6.07) is 8.37. The molecule has 5 heteroatoms. The van der Waals surface area contributed by atoms with Gasteiger partial charge in [0.2, 0.25) is 10.0 Å². The molecule has 0 saturated heterocycles. The van der Waals surface area contributed by atoms with Crippen LogP contribution in [-0.4, -0.2) is 15.0 Å². The lowest BCUT2D eigenvalue weighted by atomic mass is 10.2. The van der Waals surface area contributed by atoms with Crippen LogP contribution in [0.25, 0.3) is 0 Å². The van der Waals surface area contributed by atoms with Crippen LogP contribution >= 0.6 is 0 Å². The monoisotopic (exact) mass is 224 g/mol. The largest absolute Gasteiger partial charge is 0.240 e. The van der Waals surface area contributed by atoms with Crippen molar-refractivity contribution in [3.05, 3.63) is 29.8 Å². The summed E-state index contributed by atoms with van der Waals surface area (Å²) in [5.41, 5.74) is 0.705. The van der Waals surface area contributed by atoms with Crippen LogP contribution in [-0.2, 0) is 16.4 Å². The lowest BCUT2D eigenvalue weighted by Gasteiger charge is -2.05. The van der Waals surface area contributed by atoms with Crippen molar-refractivity contribution in [2.24, 2.45) is 0 Å². The lowest BCUT2D eigenvalue weighted by Crippen LogP contribution is -2.23. The molecule has 0 aromatic heterocycles. The maximum atomic E-state index is 11.6. The number of hydrogen-bond acceptors (Lipinski definition) is 3. The van der Waals surface area contributed by atoms with Gasteiger partial charge in [-0.3, -0.25) is 0 Å². The zero-order valence-corrected chi connectivity index (χ0v) is 9.21. The van der Waals surface area contributed by atoms with Crippen molar-refractivity contribution in [1.82, 2.24) is 4.72 Å². The second-order valence-corrected chi connectivity index (χ2v) is 4.75. The number of nitrogens with zero attached hydrogens (tertiary/aromatic N) is 1. The van der Waals surface area contributed by atoms with Crippen LogP contribution in [0.3, 0.4) is 0 Å². The summed E-state index contributed by atoms with van der Waals surface area (Å²) in [6.45, 7) is 2.07. The van der Waals surface area contributed by atoms with Crippen LogP contribution < -0.4 is 4.72 Å². The number of nitrogens with one attached hydrogen (secondary N) is 1. The zero-order chi connectivity index (χ0) is 11.3. The van der Waals surface area contributed by atoms with Crippen molar-refractivity contribution >= 4 is 10.0 Å². The highest BCUT2D eigenvalue weighted by molar-refractivity contribution is 7.89. The fourth-order valence-electron chi connectivity index (χ4n) is 1.19. The minimum absolute atomic E-state index is 0.206. The minimum Gasteiger partial charge on any atom is -0.211 e. The Morgan fingerprint density at radius 3 is 2.80 bits per heavy atom. The van der Waals surface area contributed by atoms with Crippen molar-refractivity contribution in [2.75, 3.05) is 6.54 Å². The van der Waals surface area contributed by atoms with Crippen LogP contribution in [0.2, 0.25) is 0 Å². The van der Waals surface area contributed by atoms with Gasteiger partial charge in [0.25, 0.3) is 0 Å². The van der Waals surface area contributed by atoms with E-state index in [4.69, 9.17) is 5.26 Å². The van der Waals surface area contributed by atoms with Crippen molar-refractivity contribution in [1.29, 1.82) is 5.26 Å². The van der Waals surface area contributed by atoms with Crippen molar-refractivity contribution in [3.63, 3.8) is 0 Å². The molecule has 0 atom stereocenters.